The highest BCUT2D eigenvalue weighted by atomic mass is 16.5. The van der Waals surface area contributed by atoms with Crippen LogP contribution >= 0.6 is 0 Å². The second-order valence-electron chi connectivity index (χ2n) is 6.12. The molecule has 1 fully saturated rings. The van der Waals surface area contributed by atoms with Crippen LogP contribution in [0.15, 0.2) is 30.9 Å². The number of hydrogen-bond donors (Lipinski definition) is 1. The second kappa shape index (κ2) is 7.00. The molecule has 3 heterocycles. The maximum atomic E-state index is 12.7. The van der Waals surface area contributed by atoms with E-state index in [1.165, 1.54) is 18.5 Å². The van der Waals surface area contributed by atoms with Crippen LogP contribution in [0.5, 0.6) is 5.75 Å². The molecular formula is C17H22N4O3. The number of ether oxygens (including phenoxy) is 1. The summed E-state index contributed by atoms with van der Waals surface area (Å²) in [6, 6.07) is 1.45. The van der Waals surface area contributed by atoms with Crippen molar-refractivity contribution >= 4 is 5.91 Å². The van der Waals surface area contributed by atoms with E-state index in [9.17, 15) is 9.90 Å². The smallest absolute Gasteiger partial charge is 0.255 e. The zero-order valence-electron chi connectivity index (χ0n) is 13.9. The van der Waals surface area contributed by atoms with Crippen molar-refractivity contribution in [2.45, 2.75) is 12.8 Å². The van der Waals surface area contributed by atoms with Gasteiger partial charge in [0, 0.05) is 51.0 Å². The Bertz CT molecular complexity index is 715. The Hall–Kier alpha value is -2.41. The summed E-state index contributed by atoms with van der Waals surface area (Å²) in [6.45, 7) is 4.46. The monoisotopic (exact) mass is 330 g/mol. The van der Waals surface area contributed by atoms with Crippen LogP contribution in [0.3, 0.4) is 0 Å². The number of pyridine rings is 1. The number of hydrogen-bond acceptors (Lipinski definition) is 5. The van der Waals surface area contributed by atoms with Crippen molar-refractivity contribution in [3.05, 3.63) is 42.0 Å². The fraction of sp³-hybridized carbons (Fsp3) is 0.471. The molecule has 1 aliphatic heterocycles. The number of carbonyl (C=O) groups excluding carboxylic acids is 1. The minimum absolute atomic E-state index is 0.00489. The van der Waals surface area contributed by atoms with Gasteiger partial charge in [-0.1, -0.05) is 0 Å². The first-order valence-corrected chi connectivity index (χ1v) is 8.08. The van der Waals surface area contributed by atoms with Gasteiger partial charge in [0.2, 0.25) is 0 Å². The lowest BCUT2D eigenvalue weighted by Gasteiger charge is -2.16. The van der Waals surface area contributed by atoms with Gasteiger partial charge in [-0.05, 0) is 18.6 Å². The third kappa shape index (κ3) is 3.41. The first kappa shape index (κ1) is 16.4. The molecule has 2 aromatic rings. The van der Waals surface area contributed by atoms with Gasteiger partial charge in [0.1, 0.15) is 5.75 Å². The van der Waals surface area contributed by atoms with E-state index in [0.717, 1.165) is 5.56 Å². The molecule has 0 unspecified atom stereocenters. The Labute approximate surface area is 140 Å². The molecule has 0 radical (unpaired) electrons. The van der Waals surface area contributed by atoms with Gasteiger partial charge in [0.05, 0.1) is 24.6 Å². The molecule has 128 valence electrons. The number of rotatable bonds is 5. The molecule has 0 saturated carbocycles. The molecule has 0 aromatic carbocycles. The van der Waals surface area contributed by atoms with Crippen LogP contribution < -0.4 is 0 Å². The normalized spacial score (nSPS) is 20.5. The zero-order valence-corrected chi connectivity index (χ0v) is 13.9. The average Bonchev–Trinajstić information content (AvgIpc) is 3.18. The summed E-state index contributed by atoms with van der Waals surface area (Å²) >= 11 is 0. The van der Waals surface area contributed by atoms with Gasteiger partial charge < -0.3 is 14.7 Å². The number of carbonyl (C=O) groups is 1. The topological polar surface area (TPSA) is 80.5 Å². The van der Waals surface area contributed by atoms with Crippen LogP contribution in [0.2, 0.25) is 0 Å². The predicted octanol–water partition coefficient (Wildman–Crippen LogP) is 1.41. The van der Waals surface area contributed by atoms with E-state index in [1.807, 2.05) is 26.4 Å². The Balaban J connectivity index is 1.79. The molecular weight excluding hydrogens is 308 g/mol. The third-order valence-corrected chi connectivity index (χ3v) is 4.39. The number of aromatic nitrogens is 3. The molecule has 2 atom stereocenters. The van der Waals surface area contributed by atoms with E-state index in [4.69, 9.17) is 4.74 Å². The van der Waals surface area contributed by atoms with Gasteiger partial charge in [-0.2, -0.15) is 5.10 Å². The zero-order chi connectivity index (χ0) is 17.1. The van der Waals surface area contributed by atoms with E-state index in [2.05, 4.69) is 10.1 Å². The largest absolute Gasteiger partial charge is 0.506 e. The van der Waals surface area contributed by atoms with Gasteiger partial charge in [-0.3, -0.25) is 14.5 Å². The molecule has 1 saturated heterocycles. The third-order valence-electron chi connectivity index (χ3n) is 4.39. The molecule has 0 bridgehead atoms. The fourth-order valence-corrected chi connectivity index (χ4v) is 3.21. The van der Waals surface area contributed by atoms with Gasteiger partial charge in [0.15, 0.2) is 0 Å². The standard InChI is InChI=1S/C17H22N4O3/c1-3-24-11-14-9-21(10-16(14)13-6-19-20(2)8-13)17(23)12-4-15(22)7-18-5-12/h4-8,14,16,22H,3,9-11H2,1-2H3/t14-,16-/m0/s1. The van der Waals surface area contributed by atoms with Crippen LogP contribution in [0.1, 0.15) is 28.8 Å². The van der Waals surface area contributed by atoms with Crippen molar-refractivity contribution in [3.8, 4) is 5.75 Å². The summed E-state index contributed by atoms with van der Waals surface area (Å²) in [5.74, 6) is 0.295. The summed E-state index contributed by atoms with van der Waals surface area (Å²) in [5, 5.41) is 13.8. The van der Waals surface area contributed by atoms with E-state index in [-0.39, 0.29) is 23.5 Å². The van der Waals surface area contributed by atoms with Gasteiger partial charge in [-0.15, -0.1) is 0 Å². The summed E-state index contributed by atoms with van der Waals surface area (Å²) in [5.41, 5.74) is 1.52. The summed E-state index contributed by atoms with van der Waals surface area (Å²) < 4.78 is 7.39. The molecule has 3 rings (SSSR count). The first-order valence-electron chi connectivity index (χ1n) is 8.08. The van der Waals surface area contributed by atoms with E-state index in [1.54, 1.807) is 9.58 Å². The molecule has 7 heteroatoms. The van der Waals surface area contributed by atoms with Crippen LogP contribution in [0.4, 0.5) is 0 Å². The van der Waals surface area contributed by atoms with E-state index in [0.29, 0.717) is 31.9 Å². The number of amides is 1. The quantitative estimate of drug-likeness (QED) is 0.896. The van der Waals surface area contributed by atoms with Crippen LogP contribution in [0, 0.1) is 5.92 Å². The summed E-state index contributed by atoms with van der Waals surface area (Å²) in [7, 11) is 1.89. The number of aryl methyl sites for hydroxylation is 1. The molecule has 0 spiro atoms. The molecule has 1 aliphatic rings. The van der Waals surface area contributed by atoms with Crippen molar-refractivity contribution in [1.82, 2.24) is 19.7 Å². The van der Waals surface area contributed by atoms with Crippen molar-refractivity contribution in [3.63, 3.8) is 0 Å². The maximum Gasteiger partial charge on any atom is 0.255 e. The number of nitrogens with zero attached hydrogens (tertiary/aromatic N) is 4. The summed E-state index contributed by atoms with van der Waals surface area (Å²) in [4.78, 5) is 18.4. The summed E-state index contributed by atoms with van der Waals surface area (Å²) in [6.07, 6.45) is 6.65. The molecule has 2 aromatic heterocycles. The second-order valence-corrected chi connectivity index (χ2v) is 6.12. The predicted molar refractivity (Wildman–Crippen MR) is 87.7 cm³/mol. The lowest BCUT2D eigenvalue weighted by molar-refractivity contribution is 0.0761. The molecule has 24 heavy (non-hydrogen) atoms. The van der Waals surface area contributed by atoms with Crippen molar-refractivity contribution < 1.29 is 14.6 Å². The Morgan fingerprint density at radius 2 is 2.21 bits per heavy atom. The molecule has 0 aliphatic carbocycles. The van der Waals surface area contributed by atoms with Gasteiger partial charge >= 0.3 is 0 Å². The first-order chi connectivity index (χ1) is 11.6. The van der Waals surface area contributed by atoms with Crippen LogP contribution in [0.25, 0.3) is 0 Å². The maximum absolute atomic E-state index is 12.7. The number of aromatic hydroxyl groups is 1. The van der Waals surface area contributed by atoms with E-state index >= 15 is 0 Å². The minimum Gasteiger partial charge on any atom is -0.506 e. The van der Waals surface area contributed by atoms with Gasteiger partial charge in [0.25, 0.3) is 5.91 Å². The van der Waals surface area contributed by atoms with Crippen LogP contribution in [-0.2, 0) is 11.8 Å². The van der Waals surface area contributed by atoms with Crippen molar-refractivity contribution in [2.24, 2.45) is 13.0 Å². The molecule has 7 nitrogen and oxygen atoms in total. The van der Waals surface area contributed by atoms with Crippen molar-refractivity contribution in [2.75, 3.05) is 26.3 Å². The fourth-order valence-electron chi connectivity index (χ4n) is 3.21. The number of likely N-dealkylation sites (tertiary alicyclic amines) is 1. The Morgan fingerprint density at radius 3 is 2.88 bits per heavy atom. The lowest BCUT2D eigenvalue weighted by Crippen LogP contribution is -2.29. The van der Waals surface area contributed by atoms with Gasteiger partial charge in [-0.25, -0.2) is 0 Å². The molecule has 1 N–H and O–H groups in total. The molecule has 1 amide bonds. The lowest BCUT2D eigenvalue weighted by atomic mass is 9.92. The SMILES string of the molecule is CCOC[C@@H]1CN(C(=O)c2cncc(O)c2)C[C@H]1c1cnn(C)c1. The highest BCUT2D eigenvalue weighted by Crippen LogP contribution is 2.33. The Kier molecular flexibility index (Phi) is 4.80. The van der Waals surface area contributed by atoms with Crippen molar-refractivity contribution in [1.29, 1.82) is 0 Å². The minimum atomic E-state index is -0.119. The highest BCUT2D eigenvalue weighted by Gasteiger charge is 2.37. The Morgan fingerprint density at radius 1 is 1.38 bits per heavy atom. The van der Waals surface area contributed by atoms with Crippen LogP contribution in [-0.4, -0.2) is 57.0 Å². The average molecular weight is 330 g/mol. The highest BCUT2D eigenvalue weighted by molar-refractivity contribution is 5.94. The van der Waals surface area contributed by atoms with E-state index < -0.39 is 0 Å².